The molecule has 0 atom stereocenters. The van der Waals surface area contributed by atoms with Crippen molar-refractivity contribution in [3.63, 3.8) is 0 Å². The summed E-state index contributed by atoms with van der Waals surface area (Å²) >= 11 is 0. The summed E-state index contributed by atoms with van der Waals surface area (Å²) in [6, 6.07) is 0. The van der Waals surface area contributed by atoms with Crippen molar-refractivity contribution < 1.29 is 9.13 Å². The molecule has 0 amide bonds. The van der Waals surface area contributed by atoms with E-state index in [0.717, 1.165) is 6.42 Å². The highest BCUT2D eigenvalue weighted by Crippen LogP contribution is 2.00. The lowest BCUT2D eigenvalue weighted by Crippen LogP contribution is -1.72. The third-order valence-electron chi connectivity index (χ3n) is 0.499. The van der Waals surface area contributed by atoms with Gasteiger partial charge in [-0.3, -0.25) is 9.13 Å². The maximum Gasteiger partial charge on any atom is 0.155 e. The first kappa shape index (κ1) is 7.20. The van der Waals surface area contributed by atoms with E-state index >= 15 is 0 Å². The summed E-state index contributed by atoms with van der Waals surface area (Å²) in [7, 11) is 0.323. The zero-order chi connectivity index (χ0) is 5.54. The van der Waals surface area contributed by atoms with Gasteiger partial charge in [0.1, 0.15) is 0 Å². The summed E-state index contributed by atoms with van der Waals surface area (Å²) in [6.45, 7) is 0. The van der Waals surface area contributed by atoms with Crippen LogP contribution in [0.15, 0.2) is 0 Å². The molecule has 0 radical (unpaired) electrons. The number of hydrogen-bond acceptors (Lipinski definition) is 2. The van der Waals surface area contributed by atoms with Crippen LogP contribution in [0.3, 0.4) is 0 Å². The molecule has 0 aliphatic heterocycles. The lowest BCUT2D eigenvalue weighted by atomic mass is 10.6. The topological polar surface area (TPSA) is 34.1 Å². The largest absolute Gasteiger partial charge is 0.275 e. The van der Waals surface area contributed by atoms with E-state index in [9.17, 15) is 9.13 Å². The van der Waals surface area contributed by atoms with Crippen LogP contribution in [0.4, 0.5) is 0 Å². The van der Waals surface area contributed by atoms with Crippen molar-refractivity contribution >= 4 is 16.9 Å². The summed E-state index contributed by atoms with van der Waals surface area (Å²) in [5.41, 5.74) is 0. The van der Waals surface area contributed by atoms with E-state index < -0.39 is 0 Å². The number of rotatable bonds is 4. The van der Waals surface area contributed by atoms with Crippen molar-refractivity contribution in [3.05, 3.63) is 0 Å². The van der Waals surface area contributed by atoms with Gasteiger partial charge in [0.05, 0.1) is 0 Å². The molecule has 0 aliphatic carbocycles. The third kappa shape index (κ3) is 6.20. The molecule has 0 aromatic carbocycles. The van der Waals surface area contributed by atoms with Gasteiger partial charge in [0.25, 0.3) is 0 Å². The molecule has 0 aliphatic rings. The molecule has 0 heterocycles. The fourth-order valence-corrected chi connectivity index (χ4v) is 1.02. The van der Waals surface area contributed by atoms with Crippen LogP contribution in [-0.2, 0) is 9.13 Å². The second-order valence-electron chi connectivity index (χ2n) is 1.06. The van der Waals surface area contributed by atoms with Crippen molar-refractivity contribution in [3.8, 4) is 0 Å². The Bertz CT molecular complexity index is 56.0. The van der Waals surface area contributed by atoms with Crippen molar-refractivity contribution in [2.45, 2.75) is 6.42 Å². The molecule has 0 unspecified atom stereocenters. The minimum absolute atomic E-state index is 0.161. The molecule has 0 aromatic rings. The van der Waals surface area contributed by atoms with Gasteiger partial charge in [-0.2, -0.15) is 0 Å². The van der Waals surface area contributed by atoms with E-state index in [2.05, 4.69) is 0 Å². The molecule has 0 fully saturated rings. The second kappa shape index (κ2) is 6.20. The van der Waals surface area contributed by atoms with Gasteiger partial charge in [0.2, 0.25) is 0 Å². The first-order valence-electron chi connectivity index (χ1n) is 2.00. The fourth-order valence-electron chi connectivity index (χ4n) is 0.200. The average Bonchev–Trinajstić information content (AvgIpc) is 1.69. The van der Waals surface area contributed by atoms with Crippen molar-refractivity contribution in [1.82, 2.24) is 0 Å². The molecule has 40 valence electrons. The molecular weight excluding hydrogens is 130 g/mol. The number of hydrogen-bond donors (Lipinski definition) is 0. The van der Waals surface area contributed by atoms with E-state index in [4.69, 9.17) is 0 Å². The highest BCUT2D eigenvalue weighted by molar-refractivity contribution is 7.24. The van der Waals surface area contributed by atoms with Gasteiger partial charge in [-0.15, -0.1) is 0 Å². The molecule has 2 nitrogen and oxygen atoms in total. The third-order valence-corrected chi connectivity index (χ3v) is 1.50. The van der Waals surface area contributed by atoms with Crippen LogP contribution in [0.1, 0.15) is 6.42 Å². The van der Waals surface area contributed by atoms with Crippen LogP contribution >= 0.6 is 16.9 Å². The van der Waals surface area contributed by atoms with Gasteiger partial charge in [0.15, 0.2) is 16.9 Å². The smallest absolute Gasteiger partial charge is 0.155 e. The fraction of sp³-hybridized carbons (Fsp3) is 1.00. The SMILES string of the molecule is O=PCCCP=O. The van der Waals surface area contributed by atoms with Crippen LogP contribution in [0.25, 0.3) is 0 Å². The molecule has 4 heteroatoms. The highest BCUT2D eigenvalue weighted by atomic mass is 31.1. The molecule has 0 aromatic heterocycles. The van der Waals surface area contributed by atoms with Gasteiger partial charge >= 0.3 is 0 Å². The first-order chi connectivity index (χ1) is 3.41. The Morgan fingerprint density at radius 2 is 1.43 bits per heavy atom. The first-order valence-corrected chi connectivity index (χ1v) is 3.99. The van der Waals surface area contributed by atoms with Crippen LogP contribution in [0.2, 0.25) is 0 Å². The summed E-state index contributed by atoms with van der Waals surface area (Å²) < 4.78 is 19.3. The molecule has 7 heavy (non-hydrogen) atoms. The van der Waals surface area contributed by atoms with Crippen molar-refractivity contribution in [2.75, 3.05) is 12.3 Å². The van der Waals surface area contributed by atoms with Crippen LogP contribution in [-0.4, -0.2) is 12.3 Å². The van der Waals surface area contributed by atoms with E-state index in [-0.39, 0.29) is 16.9 Å². The molecule has 0 rings (SSSR count). The van der Waals surface area contributed by atoms with Crippen LogP contribution in [0, 0.1) is 0 Å². The maximum absolute atomic E-state index is 9.67. The Morgan fingerprint density at radius 3 is 1.71 bits per heavy atom. The van der Waals surface area contributed by atoms with Gasteiger partial charge in [0, 0.05) is 12.3 Å². The highest BCUT2D eigenvalue weighted by Gasteiger charge is 1.82. The predicted molar refractivity (Wildman–Crippen MR) is 29.6 cm³/mol. The summed E-state index contributed by atoms with van der Waals surface area (Å²) in [5, 5.41) is 0. The molecule has 0 bridgehead atoms. The van der Waals surface area contributed by atoms with Crippen LogP contribution < -0.4 is 0 Å². The molecule has 0 N–H and O–H groups in total. The van der Waals surface area contributed by atoms with Crippen molar-refractivity contribution in [1.29, 1.82) is 0 Å². The maximum atomic E-state index is 9.67. The van der Waals surface area contributed by atoms with E-state index in [0.29, 0.717) is 12.3 Å². The average molecular weight is 136 g/mol. The Labute approximate surface area is 45.7 Å². The molecular formula is C3H6O2P2. The minimum atomic E-state index is 0.161. The van der Waals surface area contributed by atoms with Gasteiger partial charge in [-0.25, -0.2) is 0 Å². The van der Waals surface area contributed by atoms with E-state index in [1.165, 1.54) is 0 Å². The monoisotopic (exact) mass is 136 g/mol. The lowest BCUT2D eigenvalue weighted by molar-refractivity contribution is 0.595. The summed E-state index contributed by atoms with van der Waals surface area (Å²) in [5.74, 6) is 0. The summed E-state index contributed by atoms with van der Waals surface area (Å²) in [6.07, 6.45) is 2.06. The zero-order valence-corrected chi connectivity index (χ0v) is 5.62. The summed E-state index contributed by atoms with van der Waals surface area (Å²) in [4.78, 5) is 0. The Morgan fingerprint density at radius 1 is 1.00 bits per heavy atom. The van der Waals surface area contributed by atoms with Crippen molar-refractivity contribution in [2.24, 2.45) is 0 Å². The molecule has 0 spiro atoms. The Kier molecular flexibility index (Phi) is 6.38. The Hall–Kier alpha value is 0.200. The minimum Gasteiger partial charge on any atom is -0.275 e. The lowest BCUT2D eigenvalue weighted by Gasteiger charge is -1.76. The van der Waals surface area contributed by atoms with E-state index in [1.807, 2.05) is 0 Å². The molecule has 0 saturated carbocycles. The quantitative estimate of drug-likeness (QED) is 0.437. The van der Waals surface area contributed by atoms with Gasteiger partial charge in [-0.05, 0) is 6.42 Å². The normalized spacial score (nSPS) is 10.3. The standard InChI is InChI=1S/C3H6O2P2/c4-6-2-1-3-7-5/h1-3H2. The Balaban J connectivity index is 2.68. The zero-order valence-electron chi connectivity index (χ0n) is 3.83. The van der Waals surface area contributed by atoms with E-state index in [1.54, 1.807) is 0 Å². The molecule has 0 saturated heterocycles. The van der Waals surface area contributed by atoms with Gasteiger partial charge < -0.3 is 0 Å². The predicted octanol–water partition coefficient (Wildman–Crippen LogP) is 1.96. The van der Waals surface area contributed by atoms with Crippen LogP contribution in [0.5, 0.6) is 0 Å². The second-order valence-corrected chi connectivity index (χ2v) is 2.47. The van der Waals surface area contributed by atoms with Gasteiger partial charge in [-0.1, -0.05) is 0 Å².